The van der Waals surface area contributed by atoms with Crippen molar-refractivity contribution in [3.8, 4) is 5.75 Å². The van der Waals surface area contributed by atoms with Gasteiger partial charge in [0.2, 0.25) is 10.0 Å². The quantitative estimate of drug-likeness (QED) is 0.626. The van der Waals surface area contributed by atoms with Gasteiger partial charge in [-0.1, -0.05) is 11.6 Å². The maximum absolute atomic E-state index is 12.9. The van der Waals surface area contributed by atoms with Crippen molar-refractivity contribution < 1.29 is 27.8 Å². The van der Waals surface area contributed by atoms with Crippen LogP contribution < -0.4 is 4.74 Å². The standard InChI is InChI=1S/C15H22ClNO6S/c1-11(2)17(10-15(18)19)24(20,21)14-9-12(16)5-6-13(14)23-8-4-7-22-3/h5-6,9,11H,4,7-8,10H2,1-3H3,(H,18,19). The highest BCUT2D eigenvalue weighted by molar-refractivity contribution is 7.89. The molecule has 7 nitrogen and oxygen atoms in total. The van der Waals surface area contributed by atoms with Gasteiger partial charge in [0.25, 0.3) is 0 Å². The minimum atomic E-state index is -4.08. The van der Waals surface area contributed by atoms with Crippen LogP contribution in [-0.2, 0) is 19.6 Å². The van der Waals surface area contributed by atoms with E-state index < -0.39 is 28.6 Å². The van der Waals surface area contributed by atoms with E-state index in [0.29, 0.717) is 13.0 Å². The van der Waals surface area contributed by atoms with Crippen LogP contribution in [0.3, 0.4) is 0 Å². The third kappa shape index (κ3) is 5.62. The summed E-state index contributed by atoms with van der Waals surface area (Å²) < 4.78 is 37.1. The molecule has 0 aliphatic carbocycles. The molecule has 0 amide bonds. The Morgan fingerprint density at radius 2 is 2.00 bits per heavy atom. The van der Waals surface area contributed by atoms with Crippen molar-refractivity contribution in [1.82, 2.24) is 4.31 Å². The van der Waals surface area contributed by atoms with Crippen LogP contribution in [0.25, 0.3) is 0 Å². The topological polar surface area (TPSA) is 93.1 Å². The molecule has 9 heteroatoms. The molecule has 0 bridgehead atoms. The highest BCUT2D eigenvalue weighted by atomic mass is 35.5. The average Bonchev–Trinajstić information content (AvgIpc) is 2.49. The fraction of sp³-hybridized carbons (Fsp3) is 0.533. The lowest BCUT2D eigenvalue weighted by Crippen LogP contribution is -2.40. The van der Waals surface area contributed by atoms with Crippen molar-refractivity contribution in [3.63, 3.8) is 0 Å². The zero-order chi connectivity index (χ0) is 18.3. The SMILES string of the molecule is COCCCOc1ccc(Cl)cc1S(=O)(=O)N(CC(=O)O)C(C)C. The third-order valence-electron chi connectivity index (χ3n) is 3.11. The molecule has 0 radical (unpaired) electrons. The van der Waals surface area contributed by atoms with Crippen LogP contribution in [-0.4, -0.2) is 56.7 Å². The van der Waals surface area contributed by atoms with Crippen LogP contribution >= 0.6 is 11.6 Å². The van der Waals surface area contributed by atoms with E-state index in [0.717, 1.165) is 4.31 Å². The number of hydrogen-bond acceptors (Lipinski definition) is 5. The van der Waals surface area contributed by atoms with E-state index in [-0.39, 0.29) is 22.3 Å². The van der Waals surface area contributed by atoms with Crippen molar-refractivity contribution in [2.75, 3.05) is 26.9 Å². The molecule has 136 valence electrons. The second-order valence-electron chi connectivity index (χ2n) is 5.32. The van der Waals surface area contributed by atoms with Gasteiger partial charge in [0.15, 0.2) is 0 Å². The zero-order valence-electron chi connectivity index (χ0n) is 13.9. The maximum Gasteiger partial charge on any atom is 0.318 e. The summed E-state index contributed by atoms with van der Waals surface area (Å²) >= 11 is 5.92. The first-order valence-corrected chi connectivity index (χ1v) is 9.17. The van der Waals surface area contributed by atoms with Crippen molar-refractivity contribution in [2.24, 2.45) is 0 Å². The van der Waals surface area contributed by atoms with Gasteiger partial charge in [-0.3, -0.25) is 4.79 Å². The molecule has 24 heavy (non-hydrogen) atoms. The third-order valence-corrected chi connectivity index (χ3v) is 5.39. The van der Waals surface area contributed by atoms with E-state index in [4.69, 9.17) is 26.2 Å². The number of ether oxygens (including phenoxy) is 2. The molecular formula is C15H22ClNO6S. The molecule has 1 aromatic rings. The number of rotatable bonds is 10. The maximum atomic E-state index is 12.9. The van der Waals surface area contributed by atoms with Gasteiger partial charge >= 0.3 is 5.97 Å². The minimum Gasteiger partial charge on any atom is -0.492 e. The van der Waals surface area contributed by atoms with Crippen LogP contribution in [0.1, 0.15) is 20.3 Å². The lowest BCUT2D eigenvalue weighted by Gasteiger charge is -2.25. The second kappa shape index (κ2) is 9.22. The summed E-state index contributed by atoms with van der Waals surface area (Å²) in [5.41, 5.74) is 0. The molecule has 1 rings (SSSR count). The Kier molecular flexibility index (Phi) is 7.95. The summed E-state index contributed by atoms with van der Waals surface area (Å²) in [6, 6.07) is 3.70. The first-order chi connectivity index (χ1) is 11.2. The molecule has 0 aliphatic heterocycles. The van der Waals surface area contributed by atoms with Gasteiger partial charge in [0, 0.05) is 31.2 Å². The van der Waals surface area contributed by atoms with E-state index in [1.54, 1.807) is 21.0 Å². The highest BCUT2D eigenvalue weighted by Gasteiger charge is 2.31. The number of methoxy groups -OCH3 is 1. The lowest BCUT2D eigenvalue weighted by molar-refractivity contribution is -0.137. The average molecular weight is 380 g/mol. The molecule has 1 aromatic carbocycles. The number of aliphatic carboxylic acids is 1. The molecular weight excluding hydrogens is 358 g/mol. The summed E-state index contributed by atoms with van der Waals surface area (Å²) in [7, 11) is -2.52. The summed E-state index contributed by atoms with van der Waals surface area (Å²) in [6.45, 7) is 3.30. The summed E-state index contributed by atoms with van der Waals surface area (Å²) in [4.78, 5) is 10.9. The summed E-state index contributed by atoms with van der Waals surface area (Å²) in [5, 5.41) is 9.21. The number of hydrogen-bond donors (Lipinski definition) is 1. The minimum absolute atomic E-state index is 0.131. The highest BCUT2D eigenvalue weighted by Crippen LogP contribution is 2.30. The predicted molar refractivity (Wildman–Crippen MR) is 90.1 cm³/mol. The van der Waals surface area contributed by atoms with Crippen LogP contribution in [0.2, 0.25) is 5.02 Å². The monoisotopic (exact) mass is 379 g/mol. The van der Waals surface area contributed by atoms with Gasteiger partial charge in [0.1, 0.15) is 17.2 Å². The van der Waals surface area contributed by atoms with Crippen LogP contribution in [0.4, 0.5) is 0 Å². The molecule has 0 spiro atoms. The van der Waals surface area contributed by atoms with Gasteiger partial charge in [-0.25, -0.2) is 8.42 Å². The Bertz CT molecular complexity index is 662. The molecule has 0 fully saturated rings. The molecule has 0 atom stereocenters. The van der Waals surface area contributed by atoms with Gasteiger partial charge in [0.05, 0.1) is 6.61 Å². The van der Waals surface area contributed by atoms with Gasteiger partial charge in [-0.15, -0.1) is 0 Å². The number of carboxylic acid groups (broad SMARTS) is 1. The molecule has 0 aliphatic rings. The first-order valence-electron chi connectivity index (χ1n) is 7.35. The predicted octanol–water partition coefficient (Wildman–Crippen LogP) is 2.24. The number of sulfonamides is 1. The Balaban J connectivity index is 3.20. The summed E-state index contributed by atoms with van der Waals surface area (Å²) in [5.74, 6) is -1.11. The largest absolute Gasteiger partial charge is 0.492 e. The molecule has 0 unspecified atom stereocenters. The number of carboxylic acids is 1. The Morgan fingerprint density at radius 1 is 1.33 bits per heavy atom. The fourth-order valence-corrected chi connectivity index (χ4v) is 3.97. The van der Waals surface area contributed by atoms with Gasteiger partial charge in [-0.05, 0) is 32.0 Å². The van der Waals surface area contributed by atoms with Gasteiger partial charge < -0.3 is 14.6 Å². The van der Waals surface area contributed by atoms with Crippen molar-refractivity contribution >= 4 is 27.6 Å². The molecule has 1 N–H and O–H groups in total. The molecule has 0 saturated heterocycles. The number of halogens is 1. The molecule has 0 aromatic heterocycles. The van der Waals surface area contributed by atoms with E-state index in [1.165, 1.54) is 18.2 Å². The van der Waals surface area contributed by atoms with E-state index in [1.807, 2.05) is 0 Å². The number of nitrogens with zero attached hydrogens (tertiary/aromatic N) is 1. The van der Waals surface area contributed by atoms with Crippen molar-refractivity contribution in [1.29, 1.82) is 0 Å². The second-order valence-corrected chi connectivity index (χ2v) is 7.62. The van der Waals surface area contributed by atoms with Crippen molar-refractivity contribution in [3.05, 3.63) is 23.2 Å². The van der Waals surface area contributed by atoms with Crippen LogP contribution in [0.5, 0.6) is 5.75 Å². The van der Waals surface area contributed by atoms with Crippen LogP contribution in [0, 0.1) is 0 Å². The lowest BCUT2D eigenvalue weighted by atomic mass is 10.3. The normalized spacial score (nSPS) is 11.9. The van der Waals surface area contributed by atoms with Gasteiger partial charge in [-0.2, -0.15) is 4.31 Å². The molecule has 0 saturated carbocycles. The Labute approximate surface area is 147 Å². The van der Waals surface area contributed by atoms with E-state index in [2.05, 4.69) is 0 Å². The van der Waals surface area contributed by atoms with Crippen molar-refractivity contribution in [2.45, 2.75) is 31.2 Å². The first kappa shape index (κ1) is 20.7. The summed E-state index contributed by atoms with van der Waals surface area (Å²) in [6.07, 6.45) is 0.585. The molecule has 0 heterocycles. The van der Waals surface area contributed by atoms with Crippen LogP contribution in [0.15, 0.2) is 23.1 Å². The Morgan fingerprint density at radius 3 is 2.54 bits per heavy atom. The smallest absolute Gasteiger partial charge is 0.318 e. The zero-order valence-corrected chi connectivity index (χ0v) is 15.4. The number of benzene rings is 1. The fourth-order valence-electron chi connectivity index (χ4n) is 1.99. The van der Waals surface area contributed by atoms with E-state index >= 15 is 0 Å². The van der Waals surface area contributed by atoms with E-state index in [9.17, 15) is 13.2 Å². The number of carbonyl (C=O) groups is 1. The Hall–Kier alpha value is -1.35.